The average molecular weight is 332 g/mol. The SMILES string of the molecule is CCNc1ncc(S(=O)(=O)NCc2noc(C)n2)cc1Cl. The molecule has 2 aromatic rings. The minimum Gasteiger partial charge on any atom is -0.369 e. The monoisotopic (exact) mass is 331 g/mol. The predicted molar refractivity (Wildman–Crippen MR) is 76.5 cm³/mol. The average Bonchev–Trinajstić information content (AvgIpc) is 2.85. The number of nitrogens with zero attached hydrogens (tertiary/aromatic N) is 3. The van der Waals surface area contributed by atoms with Gasteiger partial charge in [-0.25, -0.2) is 18.1 Å². The number of halogens is 1. The number of anilines is 1. The van der Waals surface area contributed by atoms with Crippen LogP contribution in [0.4, 0.5) is 5.82 Å². The summed E-state index contributed by atoms with van der Waals surface area (Å²) in [6.45, 7) is 4.06. The molecule has 2 rings (SSSR count). The maximum absolute atomic E-state index is 12.1. The molecule has 0 fully saturated rings. The van der Waals surface area contributed by atoms with E-state index in [0.717, 1.165) is 0 Å². The van der Waals surface area contributed by atoms with Crippen molar-refractivity contribution in [3.63, 3.8) is 0 Å². The van der Waals surface area contributed by atoms with E-state index < -0.39 is 10.0 Å². The van der Waals surface area contributed by atoms with Crippen molar-refractivity contribution >= 4 is 27.4 Å². The maximum Gasteiger partial charge on any atom is 0.242 e. The molecule has 0 aromatic carbocycles. The van der Waals surface area contributed by atoms with Gasteiger partial charge in [0.15, 0.2) is 5.82 Å². The molecule has 10 heteroatoms. The van der Waals surface area contributed by atoms with Crippen LogP contribution in [0.5, 0.6) is 0 Å². The lowest BCUT2D eigenvalue weighted by Gasteiger charge is -2.08. The number of nitrogens with one attached hydrogen (secondary N) is 2. The fourth-order valence-electron chi connectivity index (χ4n) is 1.52. The Balaban J connectivity index is 2.13. The highest BCUT2D eigenvalue weighted by Crippen LogP contribution is 2.22. The molecule has 21 heavy (non-hydrogen) atoms. The summed E-state index contributed by atoms with van der Waals surface area (Å²) >= 11 is 5.98. The van der Waals surface area contributed by atoms with E-state index in [2.05, 4.69) is 25.2 Å². The Labute approximate surface area is 127 Å². The van der Waals surface area contributed by atoms with Gasteiger partial charge in [0.05, 0.1) is 11.6 Å². The minimum absolute atomic E-state index is 0.0330. The molecule has 0 aliphatic rings. The first kappa shape index (κ1) is 15.7. The van der Waals surface area contributed by atoms with Gasteiger partial charge in [0, 0.05) is 19.7 Å². The molecule has 0 aliphatic carbocycles. The summed E-state index contributed by atoms with van der Waals surface area (Å²) < 4.78 is 31.3. The summed E-state index contributed by atoms with van der Waals surface area (Å²) in [6.07, 6.45) is 1.23. The Hall–Kier alpha value is -1.71. The van der Waals surface area contributed by atoms with Gasteiger partial charge < -0.3 is 9.84 Å². The van der Waals surface area contributed by atoms with Crippen LogP contribution in [-0.2, 0) is 16.6 Å². The summed E-state index contributed by atoms with van der Waals surface area (Å²) in [5, 5.41) is 6.76. The Morgan fingerprint density at radius 2 is 2.19 bits per heavy atom. The second kappa shape index (κ2) is 6.37. The first-order valence-corrected chi connectivity index (χ1v) is 7.96. The number of rotatable bonds is 6. The van der Waals surface area contributed by atoms with Crippen molar-refractivity contribution in [3.05, 3.63) is 29.0 Å². The largest absolute Gasteiger partial charge is 0.369 e. The van der Waals surface area contributed by atoms with E-state index in [1.165, 1.54) is 12.3 Å². The van der Waals surface area contributed by atoms with Crippen molar-refractivity contribution < 1.29 is 12.9 Å². The molecule has 0 amide bonds. The Morgan fingerprint density at radius 1 is 1.43 bits per heavy atom. The van der Waals surface area contributed by atoms with Gasteiger partial charge in [0.25, 0.3) is 0 Å². The van der Waals surface area contributed by atoms with Gasteiger partial charge in [0.1, 0.15) is 10.7 Å². The van der Waals surface area contributed by atoms with E-state index in [0.29, 0.717) is 18.3 Å². The molecular formula is C11H14ClN5O3S. The van der Waals surface area contributed by atoms with Crippen LogP contribution >= 0.6 is 11.6 Å². The summed E-state index contributed by atoms with van der Waals surface area (Å²) in [5.41, 5.74) is 0. The first-order chi connectivity index (χ1) is 9.92. The van der Waals surface area contributed by atoms with Crippen LogP contribution in [0.2, 0.25) is 5.02 Å². The van der Waals surface area contributed by atoms with Gasteiger partial charge in [-0.3, -0.25) is 0 Å². The lowest BCUT2D eigenvalue weighted by molar-refractivity contribution is 0.387. The van der Waals surface area contributed by atoms with E-state index in [-0.39, 0.29) is 22.3 Å². The van der Waals surface area contributed by atoms with Gasteiger partial charge in [-0.2, -0.15) is 4.98 Å². The Kier molecular flexibility index (Phi) is 4.76. The van der Waals surface area contributed by atoms with E-state index in [1.807, 2.05) is 6.92 Å². The van der Waals surface area contributed by atoms with Crippen molar-refractivity contribution in [2.24, 2.45) is 0 Å². The fraction of sp³-hybridized carbons (Fsp3) is 0.364. The number of aromatic nitrogens is 3. The van der Waals surface area contributed by atoms with E-state index >= 15 is 0 Å². The van der Waals surface area contributed by atoms with Crippen LogP contribution in [-0.4, -0.2) is 30.1 Å². The van der Waals surface area contributed by atoms with Gasteiger partial charge >= 0.3 is 0 Å². The van der Waals surface area contributed by atoms with Crippen LogP contribution in [0.15, 0.2) is 21.7 Å². The highest BCUT2D eigenvalue weighted by Gasteiger charge is 2.17. The minimum atomic E-state index is -3.75. The molecule has 0 aliphatic heterocycles. The Morgan fingerprint density at radius 3 is 2.76 bits per heavy atom. The number of pyridine rings is 1. The molecule has 2 aromatic heterocycles. The standard InChI is InChI=1S/C11H14ClN5O3S/c1-3-13-11-9(12)4-8(5-14-11)21(18,19)15-6-10-16-7(2)20-17-10/h4-5,15H,3,6H2,1-2H3,(H,13,14). The second-order valence-corrected chi connectivity index (χ2v) is 6.26. The molecule has 2 N–H and O–H groups in total. The van der Waals surface area contributed by atoms with E-state index in [9.17, 15) is 8.42 Å². The molecule has 0 saturated carbocycles. The van der Waals surface area contributed by atoms with Crippen molar-refractivity contribution in [1.82, 2.24) is 19.8 Å². The van der Waals surface area contributed by atoms with E-state index in [1.54, 1.807) is 6.92 Å². The predicted octanol–water partition coefficient (Wildman–Crippen LogP) is 1.34. The van der Waals surface area contributed by atoms with E-state index in [4.69, 9.17) is 16.1 Å². The van der Waals surface area contributed by atoms with Crippen molar-refractivity contribution in [1.29, 1.82) is 0 Å². The molecule has 0 atom stereocenters. The third kappa shape index (κ3) is 3.90. The van der Waals surface area contributed by atoms with Crippen molar-refractivity contribution in [2.75, 3.05) is 11.9 Å². The quantitative estimate of drug-likeness (QED) is 0.821. The van der Waals surface area contributed by atoms with Gasteiger partial charge in [-0.1, -0.05) is 16.8 Å². The fourth-order valence-corrected chi connectivity index (χ4v) is 2.77. The lowest BCUT2D eigenvalue weighted by atomic mass is 10.4. The Bertz CT molecular complexity index is 731. The summed E-state index contributed by atoms with van der Waals surface area (Å²) in [4.78, 5) is 7.86. The maximum atomic E-state index is 12.1. The molecular weight excluding hydrogens is 318 g/mol. The van der Waals surface area contributed by atoms with Crippen LogP contribution in [0.1, 0.15) is 18.6 Å². The summed E-state index contributed by atoms with van der Waals surface area (Å²) in [5.74, 6) is 1.05. The third-order valence-electron chi connectivity index (χ3n) is 2.46. The third-order valence-corrected chi connectivity index (χ3v) is 4.12. The topological polar surface area (TPSA) is 110 Å². The molecule has 114 valence electrons. The zero-order valence-electron chi connectivity index (χ0n) is 11.4. The number of aryl methyl sites for hydroxylation is 1. The van der Waals surface area contributed by atoms with Crippen molar-refractivity contribution in [3.8, 4) is 0 Å². The lowest BCUT2D eigenvalue weighted by Crippen LogP contribution is -2.24. The molecule has 2 heterocycles. The molecule has 8 nitrogen and oxygen atoms in total. The zero-order chi connectivity index (χ0) is 15.5. The van der Waals surface area contributed by atoms with Crippen LogP contribution in [0, 0.1) is 6.92 Å². The highest BCUT2D eigenvalue weighted by atomic mass is 35.5. The number of hydrogen-bond acceptors (Lipinski definition) is 7. The molecule has 0 bridgehead atoms. The first-order valence-electron chi connectivity index (χ1n) is 6.10. The van der Waals surface area contributed by atoms with Gasteiger partial charge in [0.2, 0.25) is 15.9 Å². The van der Waals surface area contributed by atoms with Crippen LogP contribution < -0.4 is 10.0 Å². The number of hydrogen-bond donors (Lipinski definition) is 2. The van der Waals surface area contributed by atoms with Crippen LogP contribution in [0.3, 0.4) is 0 Å². The molecule has 0 radical (unpaired) electrons. The van der Waals surface area contributed by atoms with Gasteiger partial charge in [-0.15, -0.1) is 0 Å². The summed E-state index contributed by atoms with van der Waals surface area (Å²) in [7, 11) is -3.75. The molecule has 0 spiro atoms. The normalized spacial score (nSPS) is 11.6. The summed E-state index contributed by atoms with van der Waals surface area (Å²) in [6, 6.07) is 1.33. The number of sulfonamides is 1. The highest BCUT2D eigenvalue weighted by molar-refractivity contribution is 7.89. The van der Waals surface area contributed by atoms with Gasteiger partial charge in [-0.05, 0) is 13.0 Å². The zero-order valence-corrected chi connectivity index (χ0v) is 13.0. The molecule has 0 saturated heterocycles. The second-order valence-electron chi connectivity index (χ2n) is 4.09. The van der Waals surface area contributed by atoms with Crippen molar-refractivity contribution in [2.45, 2.75) is 25.3 Å². The molecule has 0 unspecified atom stereocenters. The van der Waals surface area contributed by atoms with Crippen LogP contribution in [0.25, 0.3) is 0 Å². The smallest absolute Gasteiger partial charge is 0.242 e.